The third kappa shape index (κ3) is 7.54. The highest BCUT2D eigenvalue weighted by molar-refractivity contribution is 7.85. The van der Waals surface area contributed by atoms with Crippen molar-refractivity contribution in [2.75, 3.05) is 45.4 Å². The highest BCUT2D eigenvalue weighted by Crippen LogP contribution is 2.27. The van der Waals surface area contributed by atoms with E-state index in [-0.39, 0.29) is 11.5 Å². The lowest BCUT2D eigenvalue weighted by molar-refractivity contribution is 0.00426. The Labute approximate surface area is 229 Å². The largest absolute Gasteiger partial charge is 0.491 e. The fourth-order valence-corrected chi connectivity index (χ4v) is 4.96. The van der Waals surface area contributed by atoms with Crippen molar-refractivity contribution in [3.8, 4) is 17.0 Å². The maximum absolute atomic E-state index is 11.7. The minimum atomic E-state index is -4.33. The number of benzene rings is 3. The summed E-state index contributed by atoms with van der Waals surface area (Å²) in [5.41, 5.74) is 5.31. The fraction of sp³-hybridized carbons (Fsp3) is 0.300. The molecular weight excluding hydrogens is 516 g/mol. The van der Waals surface area contributed by atoms with Gasteiger partial charge in [-0.1, -0.05) is 35.9 Å². The molecule has 8 nitrogen and oxygen atoms in total. The predicted molar refractivity (Wildman–Crippen MR) is 153 cm³/mol. The molecule has 1 unspecified atom stereocenters. The van der Waals surface area contributed by atoms with Crippen molar-refractivity contribution in [1.29, 1.82) is 0 Å². The molecule has 1 aromatic heterocycles. The van der Waals surface area contributed by atoms with E-state index in [4.69, 9.17) is 19.2 Å². The average molecular weight is 551 g/mol. The summed E-state index contributed by atoms with van der Waals surface area (Å²) < 4.78 is 50.0. The monoisotopic (exact) mass is 550 g/mol. The SMILES string of the molecule is Cc1ccc(S(=O)(=O)O)c(C(C)OCCOCCOc2ccc3nc(-c4ccc(N(C)C)cc4)ccc3c2)c1. The van der Waals surface area contributed by atoms with Gasteiger partial charge in [0.25, 0.3) is 10.1 Å². The van der Waals surface area contributed by atoms with Crippen molar-refractivity contribution in [2.24, 2.45) is 0 Å². The highest BCUT2D eigenvalue weighted by Gasteiger charge is 2.20. The van der Waals surface area contributed by atoms with Crippen LogP contribution in [0.5, 0.6) is 5.75 Å². The summed E-state index contributed by atoms with van der Waals surface area (Å²) in [7, 11) is -0.295. The van der Waals surface area contributed by atoms with Gasteiger partial charge in [0.1, 0.15) is 12.4 Å². The van der Waals surface area contributed by atoms with Crippen LogP contribution in [0.4, 0.5) is 5.69 Å². The summed E-state index contributed by atoms with van der Waals surface area (Å²) in [4.78, 5) is 6.72. The van der Waals surface area contributed by atoms with Crippen LogP contribution in [-0.2, 0) is 19.6 Å². The van der Waals surface area contributed by atoms with Gasteiger partial charge >= 0.3 is 0 Å². The van der Waals surface area contributed by atoms with Gasteiger partial charge in [0, 0.05) is 36.3 Å². The van der Waals surface area contributed by atoms with E-state index in [0.29, 0.717) is 25.4 Å². The van der Waals surface area contributed by atoms with Crippen LogP contribution in [-0.4, -0.2) is 58.5 Å². The third-order valence-electron chi connectivity index (χ3n) is 6.31. The molecule has 206 valence electrons. The Morgan fingerprint density at radius 2 is 1.64 bits per heavy atom. The molecule has 0 saturated carbocycles. The third-order valence-corrected chi connectivity index (χ3v) is 7.24. The number of pyridine rings is 1. The number of hydrogen-bond acceptors (Lipinski definition) is 7. The Balaban J connectivity index is 1.23. The summed E-state index contributed by atoms with van der Waals surface area (Å²) in [6.45, 7) is 4.92. The number of rotatable bonds is 12. The number of nitrogens with zero attached hydrogens (tertiary/aromatic N) is 2. The first-order chi connectivity index (χ1) is 18.6. The lowest BCUT2D eigenvalue weighted by atomic mass is 10.1. The zero-order valence-corrected chi connectivity index (χ0v) is 23.4. The second-order valence-corrected chi connectivity index (χ2v) is 10.9. The van der Waals surface area contributed by atoms with Crippen LogP contribution in [0, 0.1) is 6.92 Å². The first-order valence-corrected chi connectivity index (χ1v) is 14.1. The van der Waals surface area contributed by atoms with Crippen LogP contribution in [0.3, 0.4) is 0 Å². The van der Waals surface area contributed by atoms with Crippen molar-refractivity contribution in [3.05, 3.63) is 83.9 Å². The van der Waals surface area contributed by atoms with E-state index >= 15 is 0 Å². The molecule has 9 heteroatoms. The van der Waals surface area contributed by atoms with E-state index in [9.17, 15) is 13.0 Å². The number of fused-ring (bicyclic) bond motifs is 1. The van der Waals surface area contributed by atoms with Gasteiger partial charge in [-0.15, -0.1) is 0 Å². The molecule has 39 heavy (non-hydrogen) atoms. The van der Waals surface area contributed by atoms with Gasteiger partial charge in [-0.05, 0) is 56.3 Å². The molecule has 0 aliphatic carbocycles. The van der Waals surface area contributed by atoms with E-state index in [2.05, 4.69) is 29.2 Å². The fourth-order valence-electron chi connectivity index (χ4n) is 4.20. The standard InChI is InChI=1S/C30H34N2O6S/c1-21-5-14-30(39(33,34)35)27(19-21)22(2)37-17-15-36-16-18-38-26-11-13-29-24(20-26)8-12-28(31-29)23-6-9-25(10-7-23)32(3)4/h5-14,19-20,22H,15-18H2,1-4H3,(H,33,34,35). The van der Waals surface area contributed by atoms with Crippen molar-refractivity contribution < 1.29 is 27.2 Å². The molecule has 0 amide bonds. The Morgan fingerprint density at radius 3 is 2.36 bits per heavy atom. The maximum atomic E-state index is 11.7. The van der Waals surface area contributed by atoms with Gasteiger partial charge in [-0.2, -0.15) is 8.42 Å². The van der Waals surface area contributed by atoms with Gasteiger partial charge in [0.15, 0.2) is 0 Å². The van der Waals surface area contributed by atoms with Crippen LogP contribution in [0.2, 0.25) is 0 Å². The van der Waals surface area contributed by atoms with Crippen LogP contribution in [0.1, 0.15) is 24.2 Å². The van der Waals surface area contributed by atoms with E-state index in [1.807, 2.05) is 51.4 Å². The van der Waals surface area contributed by atoms with Crippen molar-refractivity contribution in [3.63, 3.8) is 0 Å². The molecule has 0 fully saturated rings. The molecule has 1 heterocycles. The zero-order valence-electron chi connectivity index (χ0n) is 22.6. The number of anilines is 1. The van der Waals surface area contributed by atoms with Crippen molar-refractivity contribution >= 4 is 26.7 Å². The molecule has 0 saturated heterocycles. The van der Waals surface area contributed by atoms with Crippen molar-refractivity contribution in [2.45, 2.75) is 24.8 Å². The summed E-state index contributed by atoms with van der Waals surface area (Å²) in [5.74, 6) is 0.734. The predicted octanol–water partition coefficient (Wildman–Crippen LogP) is 5.70. The number of aryl methyl sites for hydroxylation is 1. The maximum Gasteiger partial charge on any atom is 0.294 e. The lowest BCUT2D eigenvalue weighted by Crippen LogP contribution is -2.13. The average Bonchev–Trinajstić information content (AvgIpc) is 2.91. The molecule has 3 aromatic carbocycles. The smallest absolute Gasteiger partial charge is 0.294 e. The molecule has 1 N–H and O–H groups in total. The number of ether oxygens (including phenoxy) is 3. The van der Waals surface area contributed by atoms with E-state index in [1.54, 1.807) is 19.1 Å². The van der Waals surface area contributed by atoms with Gasteiger partial charge in [-0.25, -0.2) is 4.98 Å². The summed E-state index contributed by atoms with van der Waals surface area (Å²) in [5, 5.41) is 0.991. The molecule has 0 radical (unpaired) electrons. The van der Waals surface area contributed by atoms with Crippen LogP contribution in [0.15, 0.2) is 77.7 Å². The zero-order chi connectivity index (χ0) is 28.0. The second kappa shape index (κ2) is 12.6. The lowest BCUT2D eigenvalue weighted by Gasteiger charge is -2.17. The Hall–Kier alpha value is -3.50. The van der Waals surface area contributed by atoms with E-state index in [1.165, 1.54) is 6.07 Å². The van der Waals surface area contributed by atoms with E-state index in [0.717, 1.165) is 39.2 Å². The summed E-state index contributed by atoms with van der Waals surface area (Å²) >= 11 is 0. The number of hydrogen-bond donors (Lipinski definition) is 1. The minimum Gasteiger partial charge on any atom is -0.491 e. The molecule has 0 bridgehead atoms. The highest BCUT2D eigenvalue weighted by atomic mass is 32.2. The Kier molecular flexibility index (Phi) is 9.19. The molecule has 0 spiro atoms. The first-order valence-electron chi connectivity index (χ1n) is 12.7. The van der Waals surface area contributed by atoms with Gasteiger partial charge in [0.05, 0.1) is 42.0 Å². The number of aromatic nitrogens is 1. The van der Waals surface area contributed by atoms with Crippen molar-refractivity contribution in [1.82, 2.24) is 4.98 Å². The van der Waals surface area contributed by atoms with E-state index < -0.39 is 16.2 Å². The van der Waals surface area contributed by atoms with Gasteiger partial charge in [-0.3, -0.25) is 4.55 Å². The quantitative estimate of drug-likeness (QED) is 0.177. The van der Waals surface area contributed by atoms with Crippen LogP contribution >= 0.6 is 0 Å². The summed E-state index contributed by atoms with van der Waals surface area (Å²) in [6, 6.07) is 22.9. The topological polar surface area (TPSA) is 98.2 Å². The van der Waals surface area contributed by atoms with Crippen LogP contribution in [0.25, 0.3) is 22.2 Å². The normalized spacial score (nSPS) is 12.4. The van der Waals surface area contributed by atoms with Crippen LogP contribution < -0.4 is 9.64 Å². The first kappa shape index (κ1) is 28.5. The Morgan fingerprint density at radius 1 is 0.897 bits per heavy atom. The molecule has 4 aromatic rings. The minimum absolute atomic E-state index is 0.143. The second-order valence-electron chi connectivity index (χ2n) is 9.48. The molecule has 0 aliphatic rings. The molecule has 1 atom stereocenters. The molecular formula is C30H34N2O6S. The Bertz CT molecular complexity index is 1520. The summed E-state index contributed by atoms with van der Waals surface area (Å²) in [6.07, 6.45) is -0.522. The van der Waals surface area contributed by atoms with Gasteiger partial charge in [0.2, 0.25) is 0 Å². The van der Waals surface area contributed by atoms with Gasteiger partial charge < -0.3 is 19.1 Å². The molecule has 0 aliphatic heterocycles. The molecule has 4 rings (SSSR count).